The Morgan fingerprint density at radius 3 is 2.12 bits per heavy atom. The summed E-state index contributed by atoms with van der Waals surface area (Å²) < 4.78 is 0. The van der Waals surface area contributed by atoms with Crippen LogP contribution in [-0.4, -0.2) is 0 Å². The summed E-state index contributed by atoms with van der Waals surface area (Å²) in [7, 11) is 0. The molecule has 0 spiro atoms. The Morgan fingerprint density at radius 2 is 2.00 bits per heavy atom. The van der Waals surface area contributed by atoms with Gasteiger partial charge in [0.25, 0.3) is 0 Å². The molecule has 0 aromatic rings. The lowest BCUT2D eigenvalue weighted by Gasteiger charge is -1.77. The first-order chi connectivity index (χ1) is 3.91. The van der Waals surface area contributed by atoms with Crippen LogP contribution in [0.25, 0.3) is 0 Å². The van der Waals surface area contributed by atoms with Crippen LogP contribution in [0.3, 0.4) is 0 Å². The number of nitrogens with two attached hydrogens (primary N) is 1. The number of rotatable bonds is 2. The molecule has 0 heterocycles. The molecule has 0 atom stereocenters. The van der Waals surface area contributed by atoms with Crippen LogP contribution in [-0.2, 0) is 4.84 Å². The highest BCUT2D eigenvalue weighted by molar-refractivity contribution is 4.92. The van der Waals surface area contributed by atoms with E-state index < -0.39 is 0 Å². The van der Waals surface area contributed by atoms with Crippen LogP contribution in [0.1, 0.15) is 13.8 Å². The van der Waals surface area contributed by atoms with Gasteiger partial charge in [-0.25, -0.2) is 0 Å². The van der Waals surface area contributed by atoms with Gasteiger partial charge < -0.3 is 4.84 Å². The summed E-state index contributed by atoms with van der Waals surface area (Å²) in [5, 5.41) is 0. The highest BCUT2D eigenvalue weighted by atomic mass is 16.6. The molecular formula is C6H13NO. The lowest BCUT2D eigenvalue weighted by Crippen LogP contribution is -1.86. The summed E-state index contributed by atoms with van der Waals surface area (Å²) in [6, 6.07) is 0. The van der Waals surface area contributed by atoms with Crippen molar-refractivity contribution in [2.45, 2.75) is 13.8 Å². The molecule has 0 saturated heterocycles. The molecule has 0 radical (unpaired) electrons. The van der Waals surface area contributed by atoms with Crippen molar-refractivity contribution in [3.63, 3.8) is 0 Å². The topological polar surface area (TPSA) is 35.2 Å². The molecule has 0 rings (SSSR count). The summed E-state index contributed by atoms with van der Waals surface area (Å²) in [6.45, 7) is 7.38. The zero-order valence-electron chi connectivity index (χ0n) is 5.42. The molecule has 48 valence electrons. The molecule has 0 saturated carbocycles. The normalized spacial score (nSPS) is 7.38. The summed E-state index contributed by atoms with van der Waals surface area (Å²) in [4.78, 5) is 4.03. The average molecular weight is 115 g/mol. The van der Waals surface area contributed by atoms with E-state index in [1.165, 1.54) is 6.26 Å². The Labute approximate surface area is 50.6 Å². The lowest BCUT2D eigenvalue weighted by molar-refractivity contribution is 0.261. The zero-order chi connectivity index (χ0) is 6.83. The predicted octanol–water partition coefficient (Wildman–Crippen LogP) is 1.60. The lowest BCUT2D eigenvalue weighted by atomic mass is 10.6. The monoisotopic (exact) mass is 115 g/mol. The molecule has 0 unspecified atom stereocenters. The van der Waals surface area contributed by atoms with Crippen LogP contribution in [0, 0.1) is 0 Å². The number of allylic oxidation sites excluding steroid dienone is 2. The largest absolute Gasteiger partial charge is 0.419 e. The third-order valence-electron chi connectivity index (χ3n) is 0.293. The van der Waals surface area contributed by atoms with Crippen molar-refractivity contribution >= 4 is 0 Å². The van der Waals surface area contributed by atoms with Crippen molar-refractivity contribution in [2.24, 2.45) is 5.90 Å². The number of hydrogen-bond donors (Lipinski definition) is 1. The average Bonchev–Trinajstić information content (AvgIpc) is 1.88. The molecule has 0 amide bonds. The molecule has 8 heavy (non-hydrogen) atoms. The van der Waals surface area contributed by atoms with Crippen molar-refractivity contribution in [3.05, 3.63) is 25.0 Å². The van der Waals surface area contributed by atoms with Gasteiger partial charge in [0, 0.05) is 0 Å². The van der Waals surface area contributed by atoms with E-state index in [9.17, 15) is 0 Å². The Kier molecular flexibility index (Phi) is 20.9. The van der Waals surface area contributed by atoms with E-state index in [4.69, 9.17) is 0 Å². The van der Waals surface area contributed by atoms with Crippen LogP contribution in [0.2, 0.25) is 0 Å². The van der Waals surface area contributed by atoms with Gasteiger partial charge in [0.2, 0.25) is 0 Å². The molecule has 2 heteroatoms. The quantitative estimate of drug-likeness (QED) is 0.337. The molecule has 0 bridgehead atoms. The molecule has 0 aromatic carbocycles. The third-order valence-corrected chi connectivity index (χ3v) is 0.293. The van der Waals surface area contributed by atoms with Crippen LogP contribution < -0.4 is 5.90 Å². The smallest absolute Gasteiger partial charge is 0.110 e. The molecule has 2 N–H and O–H groups in total. The molecule has 0 aliphatic rings. The van der Waals surface area contributed by atoms with E-state index in [1.807, 2.05) is 13.8 Å². The Bertz CT molecular complexity index is 59.5. The van der Waals surface area contributed by atoms with Crippen molar-refractivity contribution in [1.82, 2.24) is 0 Å². The highest BCUT2D eigenvalue weighted by Gasteiger charge is 1.52. The zero-order valence-corrected chi connectivity index (χ0v) is 5.42. The highest BCUT2D eigenvalue weighted by Crippen LogP contribution is 1.66. The maximum absolute atomic E-state index is 4.58. The SMILES string of the molecule is C=C/C=C\ON.CC. The second-order valence-electron chi connectivity index (χ2n) is 0.700. The van der Waals surface area contributed by atoms with Crippen LogP contribution in [0.15, 0.2) is 25.0 Å². The molecule has 0 aliphatic heterocycles. The predicted molar refractivity (Wildman–Crippen MR) is 36.0 cm³/mol. The fourth-order valence-corrected chi connectivity index (χ4v) is 0.101. The van der Waals surface area contributed by atoms with Crippen molar-refractivity contribution in [3.8, 4) is 0 Å². The maximum Gasteiger partial charge on any atom is 0.110 e. The van der Waals surface area contributed by atoms with Crippen molar-refractivity contribution in [2.75, 3.05) is 0 Å². The first-order valence-electron chi connectivity index (χ1n) is 2.55. The van der Waals surface area contributed by atoms with Crippen LogP contribution in [0.5, 0.6) is 0 Å². The fourth-order valence-electron chi connectivity index (χ4n) is 0.101. The minimum atomic E-state index is 1.34. The molecule has 0 aromatic heterocycles. The van der Waals surface area contributed by atoms with Crippen LogP contribution in [0.4, 0.5) is 0 Å². The standard InChI is InChI=1S/C4H7NO.C2H6/c1-2-3-4-6-5;1-2/h2-4H,1,5H2;1-2H3/b4-3-;. The van der Waals surface area contributed by atoms with E-state index in [0.717, 1.165) is 0 Å². The van der Waals surface area contributed by atoms with Crippen LogP contribution >= 0.6 is 0 Å². The minimum Gasteiger partial charge on any atom is -0.419 e. The Morgan fingerprint density at radius 1 is 1.50 bits per heavy atom. The van der Waals surface area contributed by atoms with Gasteiger partial charge in [0.15, 0.2) is 0 Å². The maximum atomic E-state index is 4.58. The molecule has 2 nitrogen and oxygen atoms in total. The second kappa shape index (κ2) is 16.3. The van der Waals surface area contributed by atoms with E-state index in [1.54, 1.807) is 12.2 Å². The molecular weight excluding hydrogens is 102 g/mol. The fraction of sp³-hybridized carbons (Fsp3) is 0.333. The minimum absolute atomic E-state index is 1.34. The van der Waals surface area contributed by atoms with E-state index in [2.05, 4.69) is 17.3 Å². The summed E-state index contributed by atoms with van der Waals surface area (Å²) in [6.07, 6.45) is 4.51. The van der Waals surface area contributed by atoms with Crippen molar-refractivity contribution in [1.29, 1.82) is 0 Å². The summed E-state index contributed by atoms with van der Waals surface area (Å²) in [5.74, 6) is 4.58. The van der Waals surface area contributed by atoms with E-state index in [-0.39, 0.29) is 0 Å². The van der Waals surface area contributed by atoms with E-state index >= 15 is 0 Å². The summed E-state index contributed by atoms with van der Waals surface area (Å²) in [5.41, 5.74) is 0. The van der Waals surface area contributed by atoms with Gasteiger partial charge in [-0.15, -0.1) is 0 Å². The van der Waals surface area contributed by atoms with E-state index in [0.29, 0.717) is 0 Å². The molecule has 0 aliphatic carbocycles. The molecule has 0 fully saturated rings. The van der Waals surface area contributed by atoms with Gasteiger partial charge >= 0.3 is 0 Å². The van der Waals surface area contributed by atoms with Gasteiger partial charge in [-0.05, 0) is 6.08 Å². The second-order valence-corrected chi connectivity index (χ2v) is 0.700. The van der Waals surface area contributed by atoms with Gasteiger partial charge in [-0.1, -0.05) is 26.5 Å². The van der Waals surface area contributed by atoms with Gasteiger partial charge in [-0.3, -0.25) is 0 Å². The Hall–Kier alpha value is -0.760. The van der Waals surface area contributed by atoms with Gasteiger partial charge in [0.05, 0.1) is 0 Å². The van der Waals surface area contributed by atoms with Gasteiger partial charge in [0.1, 0.15) is 6.26 Å². The first-order valence-corrected chi connectivity index (χ1v) is 2.55. The Balaban J connectivity index is 0. The number of hydrogen-bond acceptors (Lipinski definition) is 2. The van der Waals surface area contributed by atoms with Gasteiger partial charge in [-0.2, -0.15) is 5.90 Å². The third kappa shape index (κ3) is 18.8. The first kappa shape index (κ1) is 10.3. The summed E-state index contributed by atoms with van der Waals surface area (Å²) >= 11 is 0. The van der Waals surface area contributed by atoms with Crippen molar-refractivity contribution < 1.29 is 4.84 Å².